The van der Waals surface area contributed by atoms with Gasteiger partial charge in [0.25, 0.3) is 5.91 Å². The van der Waals surface area contributed by atoms with E-state index in [2.05, 4.69) is 9.97 Å². The third-order valence-electron chi connectivity index (χ3n) is 6.11. The second-order valence-electron chi connectivity index (χ2n) is 7.87. The van der Waals surface area contributed by atoms with Crippen molar-refractivity contribution in [3.8, 4) is 5.75 Å². The molecule has 3 heterocycles. The number of benzene rings is 1. The minimum atomic E-state index is -4.82. The summed E-state index contributed by atoms with van der Waals surface area (Å²) in [5.41, 5.74) is 2.26. The zero-order chi connectivity index (χ0) is 24.3. The Labute approximate surface area is 183 Å². The Morgan fingerprint density at radius 3 is 2.55 bits per heavy atom. The number of fused-ring (bicyclic) bond motifs is 1. The molecule has 3 aromatic rings. The summed E-state index contributed by atoms with van der Waals surface area (Å²) in [5, 5.41) is 0. The van der Waals surface area contributed by atoms with E-state index in [1.54, 1.807) is 0 Å². The highest BCUT2D eigenvalue weighted by molar-refractivity contribution is 6.01. The SMILES string of the molecule is COc1c([C@H]2[C@H](c3nc4ccnc(C(N)=O)c4o3)O[C@@](C)(C(F)(F)F)[C@H]2C)ccc(F)c1F. The van der Waals surface area contributed by atoms with Gasteiger partial charge in [-0.1, -0.05) is 13.0 Å². The number of hydrogen-bond donors (Lipinski definition) is 1. The number of nitrogens with zero attached hydrogens (tertiary/aromatic N) is 2. The molecule has 1 aliphatic heterocycles. The van der Waals surface area contributed by atoms with E-state index in [9.17, 15) is 26.7 Å². The molecular weight excluding hydrogens is 453 g/mol. The van der Waals surface area contributed by atoms with E-state index >= 15 is 0 Å². The number of ether oxygens (including phenoxy) is 2. The van der Waals surface area contributed by atoms with Crippen LogP contribution in [0.4, 0.5) is 22.0 Å². The van der Waals surface area contributed by atoms with E-state index in [0.717, 1.165) is 26.2 Å². The van der Waals surface area contributed by atoms with Crippen LogP contribution in [-0.2, 0) is 4.74 Å². The number of alkyl halides is 3. The van der Waals surface area contributed by atoms with E-state index in [-0.39, 0.29) is 28.2 Å². The lowest BCUT2D eigenvalue weighted by atomic mass is 9.77. The lowest BCUT2D eigenvalue weighted by Gasteiger charge is -2.32. The average molecular weight is 471 g/mol. The normalized spacial score (nSPS) is 25.5. The van der Waals surface area contributed by atoms with Crippen LogP contribution >= 0.6 is 0 Å². The number of pyridine rings is 1. The molecule has 176 valence electrons. The van der Waals surface area contributed by atoms with Gasteiger partial charge in [-0.25, -0.2) is 14.4 Å². The van der Waals surface area contributed by atoms with Crippen LogP contribution in [0.25, 0.3) is 11.1 Å². The largest absolute Gasteiger partial charge is 0.493 e. The molecule has 0 aliphatic carbocycles. The fraction of sp³-hybridized carbons (Fsp3) is 0.381. The molecule has 2 N–H and O–H groups in total. The highest BCUT2D eigenvalue weighted by atomic mass is 19.4. The quantitative estimate of drug-likeness (QED) is 0.566. The van der Waals surface area contributed by atoms with Crippen molar-refractivity contribution in [1.29, 1.82) is 0 Å². The van der Waals surface area contributed by atoms with E-state index in [1.165, 1.54) is 19.2 Å². The molecule has 1 amide bonds. The molecule has 33 heavy (non-hydrogen) atoms. The van der Waals surface area contributed by atoms with Crippen LogP contribution in [0.15, 0.2) is 28.8 Å². The second kappa shape index (κ2) is 7.65. The Morgan fingerprint density at radius 1 is 1.24 bits per heavy atom. The van der Waals surface area contributed by atoms with E-state index < -0.39 is 53.0 Å². The zero-order valence-corrected chi connectivity index (χ0v) is 17.5. The summed E-state index contributed by atoms with van der Waals surface area (Å²) in [6.45, 7) is 2.13. The molecule has 0 unspecified atom stereocenters. The number of aromatic nitrogens is 2. The van der Waals surface area contributed by atoms with Gasteiger partial charge in [0.05, 0.1) is 7.11 Å². The Bertz CT molecular complexity index is 1240. The molecule has 4 rings (SSSR count). The molecule has 2 aromatic heterocycles. The Kier molecular flexibility index (Phi) is 5.31. The van der Waals surface area contributed by atoms with E-state index in [4.69, 9.17) is 19.6 Å². The summed E-state index contributed by atoms with van der Waals surface area (Å²) in [7, 11) is 1.07. The maximum atomic E-state index is 14.4. The number of rotatable bonds is 4. The fourth-order valence-corrected chi connectivity index (χ4v) is 4.20. The Morgan fingerprint density at radius 2 is 1.94 bits per heavy atom. The number of amides is 1. The standard InChI is InChI=1S/C21H18F5N3O4/c1-8-12(9-4-5-10(22)13(23)15(9)31-3)17(33-20(8,2)21(24,25)26)19-29-11-6-7-28-14(18(27)30)16(11)32-19/h4-8,12,17H,1-3H3,(H2,27,30)/t8-,12-,17+,20+/m0/s1. The third-order valence-corrected chi connectivity index (χ3v) is 6.11. The number of nitrogens with two attached hydrogens (primary N) is 1. The predicted molar refractivity (Wildman–Crippen MR) is 103 cm³/mol. The van der Waals surface area contributed by atoms with Crippen LogP contribution in [0.1, 0.15) is 47.8 Å². The third kappa shape index (κ3) is 3.39. The number of primary amides is 1. The number of hydrogen-bond acceptors (Lipinski definition) is 6. The van der Waals surface area contributed by atoms with Gasteiger partial charge in [0, 0.05) is 23.6 Å². The molecule has 1 aliphatic rings. The molecule has 0 saturated carbocycles. The smallest absolute Gasteiger partial charge is 0.417 e. The minimum absolute atomic E-state index is 0.0580. The summed E-state index contributed by atoms with van der Waals surface area (Å²) in [6.07, 6.45) is -5.07. The second-order valence-corrected chi connectivity index (χ2v) is 7.87. The zero-order valence-electron chi connectivity index (χ0n) is 17.5. The molecule has 7 nitrogen and oxygen atoms in total. The molecule has 12 heteroatoms. The molecular formula is C21H18F5N3O4. The lowest BCUT2D eigenvalue weighted by molar-refractivity contribution is -0.276. The highest BCUT2D eigenvalue weighted by Crippen LogP contribution is 2.59. The van der Waals surface area contributed by atoms with Crippen LogP contribution in [0, 0.1) is 17.6 Å². The van der Waals surface area contributed by atoms with Crippen LogP contribution < -0.4 is 10.5 Å². The van der Waals surface area contributed by atoms with Crippen molar-refractivity contribution in [3.63, 3.8) is 0 Å². The molecule has 1 aromatic carbocycles. The van der Waals surface area contributed by atoms with Gasteiger partial charge in [0.15, 0.2) is 28.4 Å². The first-order chi connectivity index (χ1) is 15.4. The van der Waals surface area contributed by atoms with Crippen LogP contribution in [0.2, 0.25) is 0 Å². The van der Waals surface area contributed by atoms with Gasteiger partial charge in [-0.15, -0.1) is 0 Å². The van der Waals surface area contributed by atoms with Gasteiger partial charge < -0.3 is 19.6 Å². The molecule has 1 fully saturated rings. The topological polar surface area (TPSA) is 100 Å². The van der Waals surface area contributed by atoms with E-state index in [0.29, 0.717) is 0 Å². The monoisotopic (exact) mass is 471 g/mol. The van der Waals surface area contributed by atoms with Gasteiger partial charge in [-0.05, 0) is 19.1 Å². The minimum Gasteiger partial charge on any atom is -0.493 e. The van der Waals surface area contributed by atoms with Crippen molar-refractivity contribution in [3.05, 3.63) is 53.2 Å². The van der Waals surface area contributed by atoms with Crippen LogP contribution in [-0.4, -0.2) is 34.8 Å². The molecule has 0 radical (unpaired) electrons. The molecule has 0 bridgehead atoms. The van der Waals surface area contributed by atoms with Gasteiger partial charge in [0.1, 0.15) is 11.6 Å². The molecule has 0 spiro atoms. The number of oxazole rings is 1. The summed E-state index contributed by atoms with van der Waals surface area (Å²) >= 11 is 0. The molecule has 1 saturated heterocycles. The maximum Gasteiger partial charge on any atom is 0.417 e. The highest BCUT2D eigenvalue weighted by Gasteiger charge is 2.65. The summed E-state index contributed by atoms with van der Waals surface area (Å²) in [5.74, 6) is -6.87. The fourth-order valence-electron chi connectivity index (χ4n) is 4.20. The van der Waals surface area contributed by atoms with Crippen molar-refractivity contribution in [1.82, 2.24) is 9.97 Å². The van der Waals surface area contributed by atoms with E-state index in [1.807, 2.05) is 0 Å². The number of methoxy groups -OCH3 is 1. The van der Waals surface area contributed by atoms with Gasteiger partial charge in [-0.3, -0.25) is 4.79 Å². The van der Waals surface area contributed by atoms with Crippen molar-refractivity contribution in [2.45, 2.75) is 37.6 Å². The van der Waals surface area contributed by atoms with Crippen molar-refractivity contribution in [2.75, 3.05) is 7.11 Å². The number of carbonyl (C=O) groups is 1. The molecule has 4 atom stereocenters. The first-order valence-corrected chi connectivity index (χ1v) is 9.72. The van der Waals surface area contributed by atoms with Gasteiger partial charge in [-0.2, -0.15) is 17.6 Å². The first-order valence-electron chi connectivity index (χ1n) is 9.72. The average Bonchev–Trinajstić information content (AvgIpc) is 3.29. The summed E-state index contributed by atoms with van der Waals surface area (Å²) in [6, 6.07) is 3.31. The predicted octanol–water partition coefficient (Wildman–Crippen LogP) is 4.42. The summed E-state index contributed by atoms with van der Waals surface area (Å²) < 4.78 is 86.5. The Hall–Kier alpha value is -3.28. The lowest BCUT2D eigenvalue weighted by Crippen LogP contribution is -2.46. The first kappa shape index (κ1) is 22.9. The van der Waals surface area contributed by atoms with Crippen LogP contribution in [0.5, 0.6) is 5.75 Å². The van der Waals surface area contributed by atoms with Crippen molar-refractivity contribution >= 4 is 17.0 Å². The van der Waals surface area contributed by atoms with Gasteiger partial charge in [0.2, 0.25) is 11.7 Å². The van der Waals surface area contributed by atoms with Crippen molar-refractivity contribution < 1.29 is 40.6 Å². The number of carbonyl (C=O) groups excluding carboxylic acids is 1. The van der Waals surface area contributed by atoms with Gasteiger partial charge >= 0.3 is 6.18 Å². The summed E-state index contributed by atoms with van der Waals surface area (Å²) in [4.78, 5) is 19.7. The maximum absolute atomic E-state index is 14.4. The Balaban J connectivity index is 1.94. The van der Waals surface area contributed by atoms with Crippen LogP contribution in [0.3, 0.4) is 0 Å². The number of halogens is 5. The van der Waals surface area contributed by atoms with Crippen molar-refractivity contribution in [2.24, 2.45) is 11.7 Å².